The number of halogens is 3. The maximum Gasteiger partial charge on any atom is 0.302 e. The molecule has 0 spiro atoms. The van der Waals surface area contributed by atoms with Gasteiger partial charge in [-0.3, -0.25) is 4.21 Å². The van der Waals surface area contributed by atoms with E-state index in [0.717, 1.165) is 19.3 Å². The Hall–Kier alpha value is -1.84. The molecule has 3 heterocycles. The number of fused-ring (bicyclic) bond motifs is 1. The van der Waals surface area contributed by atoms with Gasteiger partial charge in [-0.15, -0.1) is 0 Å². The largest absolute Gasteiger partial charge is 0.394 e. The van der Waals surface area contributed by atoms with Crippen LogP contribution in [0.2, 0.25) is 5.02 Å². The average molecular weight is 483 g/mol. The van der Waals surface area contributed by atoms with Crippen LogP contribution >= 0.6 is 11.6 Å². The van der Waals surface area contributed by atoms with Crippen molar-refractivity contribution in [2.75, 3.05) is 35.7 Å². The van der Waals surface area contributed by atoms with E-state index in [-0.39, 0.29) is 23.3 Å². The number of aliphatic hydroxyl groups excluding tert-OH is 1. The molecule has 2 aromatic rings. The fourth-order valence-electron chi connectivity index (χ4n) is 4.76. The topological polar surface area (TPSA) is 78.4 Å². The molecule has 2 aliphatic heterocycles. The van der Waals surface area contributed by atoms with Gasteiger partial charge >= 0.3 is 5.92 Å². The maximum atomic E-state index is 14.7. The fourth-order valence-corrected chi connectivity index (χ4v) is 6.22. The van der Waals surface area contributed by atoms with Crippen LogP contribution in [-0.4, -0.2) is 50.3 Å². The molecule has 6 nitrogen and oxygen atoms in total. The van der Waals surface area contributed by atoms with Gasteiger partial charge in [0, 0.05) is 18.1 Å². The Kier molecular flexibility index (Phi) is 5.62. The summed E-state index contributed by atoms with van der Waals surface area (Å²) in [5.41, 5.74) is 0.168. The van der Waals surface area contributed by atoms with E-state index in [2.05, 4.69) is 15.3 Å². The van der Waals surface area contributed by atoms with Crippen LogP contribution in [0, 0.1) is 0 Å². The van der Waals surface area contributed by atoms with Crippen molar-refractivity contribution < 1.29 is 18.1 Å². The number of aliphatic hydroxyl groups is 1. The van der Waals surface area contributed by atoms with Gasteiger partial charge < -0.3 is 15.3 Å². The van der Waals surface area contributed by atoms with E-state index < -0.39 is 33.7 Å². The summed E-state index contributed by atoms with van der Waals surface area (Å²) in [6.45, 7) is 1.13. The molecular weight excluding hydrogens is 458 g/mol. The first-order chi connectivity index (χ1) is 15.3. The van der Waals surface area contributed by atoms with E-state index in [1.54, 1.807) is 0 Å². The minimum Gasteiger partial charge on any atom is -0.394 e. The summed E-state index contributed by atoms with van der Waals surface area (Å²) in [7, 11) is -1.89. The smallest absolute Gasteiger partial charge is 0.302 e. The summed E-state index contributed by atoms with van der Waals surface area (Å²) < 4.78 is 41.8. The van der Waals surface area contributed by atoms with Gasteiger partial charge in [0.1, 0.15) is 16.4 Å². The number of benzene rings is 1. The van der Waals surface area contributed by atoms with E-state index in [4.69, 9.17) is 11.6 Å². The molecule has 3 aliphatic rings. The Balaban J connectivity index is 1.43. The summed E-state index contributed by atoms with van der Waals surface area (Å²) in [6, 6.07) is 7.81. The number of hydrogen-bond donors (Lipinski definition) is 2. The highest BCUT2D eigenvalue weighted by Gasteiger charge is 2.49. The Morgan fingerprint density at radius 2 is 1.88 bits per heavy atom. The van der Waals surface area contributed by atoms with Crippen molar-refractivity contribution >= 4 is 34.2 Å². The Labute approximate surface area is 192 Å². The van der Waals surface area contributed by atoms with Gasteiger partial charge in [0.15, 0.2) is 0 Å². The van der Waals surface area contributed by atoms with Gasteiger partial charge in [0.2, 0.25) is 5.95 Å². The third-order valence-electron chi connectivity index (χ3n) is 6.86. The highest BCUT2D eigenvalue weighted by atomic mass is 35.5. The number of nitrogens with zero attached hydrogens (tertiary/aromatic N) is 3. The molecule has 1 aromatic carbocycles. The highest BCUT2D eigenvalue weighted by Crippen LogP contribution is 2.45. The second-order valence-electron chi connectivity index (χ2n) is 8.97. The molecule has 0 unspecified atom stereocenters. The van der Waals surface area contributed by atoms with Crippen molar-refractivity contribution in [3.63, 3.8) is 0 Å². The fraction of sp³-hybridized carbons (Fsp3) is 0.545. The lowest BCUT2D eigenvalue weighted by atomic mass is 9.77. The van der Waals surface area contributed by atoms with Crippen LogP contribution in [0.15, 0.2) is 29.2 Å². The van der Waals surface area contributed by atoms with Crippen LogP contribution in [0.25, 0.3) is 0 Å². The summed E-state index contributed by atoms with van der Waals surface area (Å²) >= 11 is 5.99. The van der Waals surface area contributed by atoms with Gasteiger partial charge in [0.25, 0.3) is 0 Å². The zero-order valence-electron chi connectivity index (χ0n) is 17.5. The molecule has 5 rings (SSSR count). The molecule has 2 N–H and O–H groups in total. The minimum atomic E-state index is -3.26. The van der Waals surface area contributed by atoms with Crippen molar-refractivity contribution in [2.24, 2.45) is 0 Å². The zero-order valence-corrected chi connectivity index (χ0v) is 19.1. The first kappa shape index (κ1) is 22.0. The molecule has 32 heavy (non-hydrogen) atoms. The molecule has 1 aromatic heterocycles. The molecule has 2 fully saturated rings. The van der Waals surface area contributed by atoms with E-state index >= 15 is 0 Å². The maximum absolute atomic E-state index is 14.7. The Morgan fingerprint density at radius 1 is 1.19 bits per heavy atom. The molecule has 172 valence electrons. The molecule has 1 saturated heterocycles. The molecule has 0 amide bonds. The van der Waals surface area contributed by atoms with Crippen molar-refractivity contribution in [1.82, 2.24) is 9.97 Å². The average Bonchev–Trinajstić information content (AvgIpc) is 2.99. The minimum absolute atomic E-state index is 0.0190. The van der Waals surface area contributed by atoms with Crippen LogP contribution in [-0.2, 0) is 16.7 Å². The normalized spacial score (nSPS) is 24.1. The summed E-state index contributed by atoms with van der Waals surface area (Å²) in [6.07, 6.45) is 4.05. The third-order valence-corrected chi connectivity index (χ3v) is 8.58. The lowest BCUT2D eigenvalue weighted by Crippen LogP contribution is -2.49. The van der Waals surface area contributed by atoms with Crippen LogP contribution in [0.1, 0.15) is 49.3 Å². The number of alkyl halides is 2. The van der Waals surface area contributed by atoms with Crippen LogP contribution in [0.5, 0.6) is 0 Å². The van der Waals surface area contributed by atoms with Crippen LogP contribution < -0.4 is 10.2 Å². The second kappa shape index (κ2) is 8.18. The quantitative estimate of drug-likeness (QED) is 0.669. The predicted molar refractivity (Wildman–Crippen MR) is 120 cm³/mol. The van der Waals surface area contributed by atoms with Crippen molar-refractivity contribution in [3.05, 3.63) is 40.5 Å². The molecular formula is C22H25ClF2N4O2S. The number of nitrogens with one attached hydrogen (secondary N) is 1. The Morgan fingerprint density at radius 3 is 2.47 bits per heavy atom. The van der Waals surface area contributed by atoms with Crippen LogP contribution in [0.3, 0.4) is 0 Å². The molecule has 0 radical (unpaired) electrons. The number of piperidine rings is 1. The van der Waals surface area contributed by atoms with Gasteiger partial charge in [0.05, 0.1) is 28.7 Å². The summed E-state index contributed by atoms with van der Waals surface area (Å²) in [4.78, 5) is 10.7. The van der Waals surface area contributed by atoms with Gasteiger partial charge in [-0.1, -0.05) is 23.7 Å². The zero-order chi connectivity index (χ0) is 22.5. The van der Waals surface area contributed by atoms with E-state index in [0.29, 0.717) is 36.9 Å². The van der Waals surface area contributed by atoms with Crippen molar-refractivity contribution in [2.45, 2.75) is 54.4 Å². The first-order valence-electron chi connectivity index (χ1n) is 10.9. The number of rotatable bonds is 5. The number of hydrogen-bond acceptors (Lipinski definition) is 6. The number of anilines is 2. The van der Waals surface area contributed by atoms with Gasteiger partial charge in [-0.2, -0.15) is 13.8 Å². The molecule has 1 aliphatic carbocycles. The van der Waals surface area contributed by atoms with Gasteiger partial charge in [-0.25, -0.2) is 4.98 Å². The van der Waals surface area contributed by atoms with Crippen molar-refractivity contribution in [1.29, 1.82) is 0 Å². The first-order valence-corrected chi connectivity index (χ1v) is 12.6. The Bertz CT molecular complexity index is 1040. The predicted octanol–water partition coefficient (Wildman–Crippen LogP) is 4.05. The second-order valence-corrected chi connectivity index (χ2v) is 10.8. The van der Waals surface area contributed by atoms with E-state index in [1.165, 1.54) is 5.56 Å². The van der Waals surface area contributed by atoms with E-state index in [1.807, 2.05) is 29.2 Å². The van der Waals surface area contributed by atoms with Crippen LogP contribution in [0.4, 0.5) is 20.5 Å². The SMILES string of the molecule is O=[S@]1CC(F)(F)c2nc(N3CCC(c4ccc(Cl)cc4)CC3)nc(NC3(CO)CCC3)c21. The third kappa shape index (κ3) is 3.88. The van der Waals surface area contributed by atoms with Gasteiger partial charge in [-0.05, 0) is 55.7 Å². The highest BCUT2D eigenvalue weighted by molar-refractivity contribution is 7.85. The molecule has 0 bridgehead atoms. The summed E-state index contributed by atoms with van der Waals surface area (Å²) in [5.74, 6) is -3.28. The monoisotopic (exact) mass is 482 g/mol. The van der Waals surface area contributed by atoms with Crippen molar-refractivity contribution in [3.8, 4) is 0 Å². The molecule has 10 heteroatoms. The summed E-state index contributed by atoms with van der Waals surface area (Å²) in [5, 5.41) is 13.7. The molecule has 1 saturated carbocycles. The number of aromatic nitrogens is 2. The standard InChI is InChI=1S/C22H25ClF2N4O2S/c23-16-4-2-14(3-5-16)15-6-10-29(11-7-15)20-26-18-17(32(31)13-22(18,24)25)19(27-20)28-21(12-30)8-1-9-21/h2-5,15,30H,1,6-13H2,(H,26,27,28)/t32-/m0/s1. The molecule has 1 atom stereocenters. The lowest BCUT2D eigenvalue weighted by molar-refractivity contribution is 0.0191. The lowest BCUT2D eigenvalue weighted by Gasteiger charge is -2.42. The van der Waals surface area contributed by atoms with E-state index in [9.17, 15) is 18.1 Å².